The first-order valence-corrected chi connectivity index (χ1v) is 6.53. The molecule has 2 rings (SSSR count). The minimum absolute atomic E-state index is 0.173. The Morgan fingerprint density at radius 1 is 1.38 bits per heavy atom. The third-order valence-electron chi connectivity index (χ3n) is 4.33. The third-order valence-corrected chi connectivity index (χ3v) is 4.33. The smallest absolute Gasteiger partial charge is 0.223 e. The highest BCUT2D eigenvalue weighted by Gasteiger charge is 2.42. The van der Waals surface area contributed by atoms with Crippen LogP contribution in [0.1, 0.15) is 39.5 Å². The molecule has 3 nitrogen and oxygen atoms in total. The Morgan fingerprint density at radius 2 is 2.12 bits per heavy atom. The quantitative estimate of drug-likeness (QED) is 0.762. The van der Waals surface area contributed by atoms with Crippen LogP contribution in [0.4, 0.5) is 0 Å². The number of amides is 1. The van der Waals surface area contributed by atoms with Crippen LogP contribution >= 0.6 is 0 Å². The van der Waals surface area contributed by atoms with Crippen LogP contribution in [0.15, 0.2) is 0 Å². The van der Waals surface area contributed by atoms with Gasteiger partial charge in [-0.15, -0.1) is 0 Å². The number of carbonyl (C=O) groups excluding carboxylic acids is 1. The zero-order valence-corrected chi connectivity index (χ0v) is 10.3. The maximum absolute atomic E-state index is 11.9. The first kappa shape index (κ1) is 11.9. The summed E-state index contributed by atoms with van der Waals surface area (Å²) < 4.78 is 0. The van der Waals surface area contributed by atoms with E-state index in [1.54, 1.807) is 0 Å². The monoisotopic (exact) mass is 225 g/mol. The predicted octanol–water partition coefficient (Wildman–Crippen LogP) is 1.56. The van der Waals surface area contributed by atoms with Crippen molar-refractivity contribution < 1.29 is 9.90 Å². The van der Waals surface area contributed by atoms with Gasteiger partial charge in [-0.3, -0.25) is 4.79 Å². The lowest BCUT2D eigenvalue weighted by Crippen LogP contribution is -2.39. The molecule has 0 radical (unpaired) electrons. The lowest BCUT2D eigenvalue weighted by atomic mass is 9.88. The Labute approximate surface area is 97.6 Å². The van der Waals surface area contributed by atoms with Gasteiger partial charge in [-0.1, -0.05) is 20.3 Å². The molecule has 2 saturated carbocycles. The van der Waals surface area contributed by atoms with Gasteiger partial charge in [0, 0.05) is 12.5 Å². The van der Waals surface area contributed by atoms with Crippen molar-refractivity contribution in [3.05, 3.63) is 0 Å². The molecule has 0 aromatic rings. The van der Waals surface area contributed by atoms with Crippen molar-refractivity contribution in [2.24, 2.45) is 23.7 Å². The van der Waals surface area contributed by atoms with Gasteiger partial charge in [-0.25, -0.2) is 0 Å². The second-order valence-electron chi connectivity index (χ2n) is 5.84. The fraction of sp³-hybridized carbons (Fsp3) is 0.923. The molecule has 0 aromatic carbocycles. The summed E-state index contributed by atoms with van der Waals surface area (Å²) >= 11 is 0. The Balaban J connectivity index is 1.76. The van der Waals surface area contributed by atoms with E-state index in [2.05, 4.69) is 5.32 Å². The molecular weight excluding hydrogens is 202 g/mol. The van der Waals surface area contributed by atoms with E-state index in [0.717, 1.165) is 12.3 Å². The average Bonchev–Trinajstić information content (AvgIpc) is 2.86. The van der Waals surface area contributed by atoms with Crippen molar-refractivity contribution in [2.75, 3.05) is 6.54 Å². The summed E-state index contributed by atoms with van der Waals surface area (Å²) in [5, 5.41) is 12.5. The van der Waals surface area contributed by atoms with Crippen LogP contribution in [0.2, 0.25) is 0 Å². The van der Waals surface area contributed by atoms with Crippen LogP contribution in [-0.2, 0) is 4.79 Å². The molecule has 2 N–H and O–H groups in total. The third kappa shape index (κ3) is 2.40. The summed E-state index contributed by atoms with van der Waals surface area (Å²) in [6.45, 7) is 4.34. The lowest BCUT2D eigenvalue weighted by Gasteiger charge is -2.22. The number of aliphatic hydroxyl groups is 1. The van der Waals surface area contributed by atoms with Gasteiger partial charge < -0.3 is 10.4 Å². The molecule has 0 aromatic heterocycles. The average molecular weight is 225 g/mol. The summed E-state index contributed by atoms with van der Waals surface area (Å²) in [6.07, 6.45) is 4.47. The molecule has 16 heavy (non-hydrogen) atoms. The maximum atomic E-state index is 11.9. The molecule has 0 spiro atoms. The Kier molecular flexibility index (Phi) is 3.53. The number of aliphatic hydroxyl groups excluding tert-OH is 1. The number of nitrogens with one attached hydrogen (secondary N) is 1. The van der Waals surface area contributed by atoms with E-state index in [1.165, 1.54) is 19.3 Å². The molecule has 92 valence electrons. The highest BCUT2D eigenvalue weighted by molar-refractivity contribution is 5.79. The Morgan fingerprint density at radius 3 is 2.62 bits per heavy atom. The summed E-state index contributed by atoms with van der Waals surface area (Å²) in [5.41, 5.74) is 0. The number of fused-ring (bicyclic) bond motifs is 2. The standard InChI is InChI=1S/C13H23NO2/c1-8(2)12(15)7-14-13(16)11-6-9-3-4-10(11)5-9/h8-12,15H,3-7H2,1-2H3,(H,14,16). The first-order valence-electron chi connectivity index (χ1n) is 6.53. The second kappa shape index (κ2) is 4.74. The summed E-state index contributed by atoms with van der Waals surface area (Å²) in [7, 11) is 0. The number of hydrogen-bond donors (Lipinski definition) is 2. The van der Waals surface area contributed by atoms with Crippen LogP contribution in [0, 0.1) is 23.7 Å². The lowest BCUT2D eigenvalue weighted by molar-refractivity contribution is -0.127. The van der Waals surface area contributed by atoms with Gasteiger partial charge in [-0.2, -0.15) is 0 Å². The van der Waals surface area contributed by atoms with E-state index in [1.807, 2.05) is 13.8 Å². The fourth-order valence-corrected chi connectivity index (χ4v) is 3.14. The molecule has 3 heteroatoms. The van der Waals surface area contributed by atoms with Crippen LogP contribution in [0.25, 0.3) is 0 Å². The van der Waals surface area contributed by atoms with Crippen molar-refractivity contribution in [3.63, 3.8) is 0 Å². The zero-order valence-electron chi connectivity index (χ0n) is 10.3. The van der Waals surface area contributed by atoms with E-state index in [9.17, 15) is 9.90 Å². The fourth-order valence-electron chi connectivity index (χ4n) is 3.14. The van der Waals surface area contributed by atoms with E-state index >= 15 is 0 Å². The van der Waals surface area contributed by atoms with Crippen LogP contribution < -0.4 is 5.32 Å². The molecule has 4 unspecified atom stereocenters. The first-order chi connectivity index (χ1) is 7.58. The van der Waals surface area contributed by atoms with Crippen molar-refractivity contribution in [1.29, 1.82) is 0 Å². The predicted molar refractivity (Wildman–Crippen MR) is 62.8 cm³/mol. The normalized spacial score (nSPS) is 34.4. The zero-order chi connectivity index (χ0) is 11.7. The van der Waals surface area contributed by atoms with Gasteiger partial charge in [0.1, 0.15) is 0 Å². The van der Waals surface area contributed by atoms with Crippen LogP contribution in [0.3, 0.4) is 0 Å². The Bertz CT molecular complexity index is 265. The molecule has 2 aliphatic carbocycles. The highest BCUT2D eigenvalue weighted by Crippen LogP contribution is 2.48. The van der Waals surface area contributed by atoms with Crippen molar-refractivity contribution in [1.82, 2.24) is 5.32 Å². The van der Waals surface area contributed by atoms with Crippen molar-refractivity contribution >= 4 is 5.91 Å². The molecule has 0 aliphatic heterocycles. The van der Waals surface area contributed by atoms with Gasteiger partial charge >= 0.3 is 0 Å². The second-order valence-corrected chi connectivity index (χ2v) is 5.84. The molecule has 2 bridgehead atoms. The van der Waals surface area contributed by atoms with E-state index in [4.69, 9.17) is 0 Å². The Hall–Kier alpha value is -0.570. The number of rotatable bonds is 4. The van der Waals surface area contributed by atoms with Gasteiger partial charge in [0.2, 0.25) is 5.91 Å². The molecule has 0 heterocycles. The van der Waals surface area contributed by atoms with E-state index in [-0.39, 0.29) is 17.7 Å². The van der Waals surface area contributed by atoms with Gasteiger partial charge in [-0.05, 0) is 37.0 Å². The van der Waals surface area contributed by atoms with Crippen molar-refractivity contribution in [2.45, 2.75) is 45.6 Å². The summed E-state index contributed by atoms with van der Waals surface area (Å²) in [6, 6.07) is 0. The topological polar surface area (TPSA) is 49.3 Å². The van der Waals surface area contributed by atoms with Crippen LogP contribution in [0.5, 0.6) is 0 Å². The molecule has 0 saturated heterocycles. The van der Waals surface area contributed by atoms with E-state index < -0.39 is 6.10 Å². The number of hydrogen-bond acceptors (Lipinski definition) is 2. The molecule has 1 amide bonds. The van der Waals surface area contributed by atoms with Gasteiger partial charge in [0.25, 0.3) is 0 Å². The molecule has 2 aliphatic rings. The summed E-state index contributed by atoms with van der Waals surface area (Å²) in [4.78, 5) is 11.9. The highest BCUT2D eigenvalue weighted by atomic mass is 16.3. The minimum Gasteiger partial charge on any atom is -0.391 e. The summed E-state index contributed by atoms with van der Waals surface area (Å²) in [5.74, 6) is 2.04. The van der Waals surface area contributed by atoms with Crippen LogP contribution in [-0.4, -0.2) is 23.7 Å². The molecule has 2 fully saturated rings. The van der Waals surface area contributed by atoms with E-state index in [0.29, 0.717) is 12.5 Å². The molecule has 4 atom stereocenters. The van der Waals surface area contributed by atoms with Crippen molar-refractivity contribution in [3.8, 4) is 0 Å². The minimum atomic E-state index is -0.414. The van der Waals surface area contributed by atoms with Gasteiger partial charge in [0.15, 0.2) is 0 Å². The largest absolute Gasteiger partial charge is 0.391 e. The molecular formula is C13H23NO2. The maximum Gasteiger partial charge on any atom is 0.223 e. The number of carbonyl (C=O) groups is 1. The SMILES string of the molecule is CC(C)C(O)CNC(=O)C1CC2CCC1C2. The van der Waals surface area contributed by atoms with Gasteiger partial charge in [0.05, 0.1) is 6.10 Å².